The Labute approximate surface area is 106 Å². The second-order valence-corrected chi connectivity index (χ2v) is 6.67. The lowest BCUT2D eigenvalue weighted by atomic mass is 10.4. The molecule has 1 aromatic rings. The predicted octanol–water partition coefficient (Wildman–Crippen LogP) is 0.650. The maximum atomic E-state index is 11.9. The van der Waals surface area contributed by atoms with Crippen molar-refractivity contribution in [2.45, 2.75) is 13.3 Å². The Morgan fingerprint density at radius 2 is 2.24 bits per heavy atom. The van der Waals surface area contributed by atoms with Gasteiger partial charge < -0.3 is 5.32 Å². The first kappa shape index (κ1) is 14.4. The van der Waals surface area contributed by atoms with Crippen molar-refractivity contribution in [3.8, 4) is 0 Å². The molecule has 0 unspecified atom stereocenters. The van der Waals surface area contributed by atoms with Gasteiger partial charge in [0.1, 0.15) is 0 Å². The van der Waals surface area contributed by atoms with Gasteiger partial charge in [-0.25, -0.2) is 9.71 Å². The molecule has 17 heavy (non-hydrogen) atoms. The van der Waals surface area contributed by atoms with Gasteiger partial charge in [0.15, 0.2) is 5.13 Å². The van der Waals surface area contributed by atoms with Gasteiger partial charge in [0, 0.05) is 24.7 Å². The van der Waals surface area contributed by atoms with E-state index in [-0.39, 0.29) is 0 Å². The van der Waals surface area contributed by atoms with Crippen LogP contribution in [0.4, 0.5) is 5.13 Å². The zero-order valence-corrected chi connectivity index (χ0v) is 11.9. The number of thiazole rings is 1. The fourth-order valence-electron chi connectivity index (χ4n) is 1.19. The topological polar surface area (TPSA) is 74.3 Å². The standard InChI is InChI=1S/C9H18N4O2S2/c1-8-7-11-9(16-8)12-17(14,15)13(3)6-4-5-10-2/h7,10H,4-6H2,1-3H3,(H,11,12). The number of hydrogen-bond donors (Lipinski definition) is 2. The molecule has 0 saturated carbocycles. The zero-order chi connectivity index (χ0) is 12.9. The van der Waals surface area contributed by atoms with Crippen molar-refractivity contribution in [3.05, 3.63) is 11.1 Å². The number of rotatable bonds is 7. The summed E-state index contributed by atoms with van der Waals surface area (Å²) in [5.41, 5.74) is 0. The van der Waals surface area contributed by atoms with Gasteiger partial charge in [-0.3, -0.25) is 0 Å². The summed E-state index contributed by atoms with van der Waals surface area (Å²) in [6, 6.07) is 0. The summed E-state index contributed by atoms with van der Waals surface area (Å²) >= 11 is 1.32. The Hall–Kier alpha value is -0.700. The largest absolute Gasteiger partial charge is 0.320 e. The third-order valence-electron chi connectivity index (χ3n) is 2.15. The summed E-state index contributed by atoms with van der Waals surface area (Å²) in [5.74, 6) is 0. The van der Waals surface area contributed by atoms with Crippen LogP contribution in [-0.2, 0) is 10.2 Å². The summed E-state index contributed by atoms with van der Waals surface area (Å²) < 4.78 is 27.5. The SMILES string of the molecule is CNCCCN(C)S(=O)(=O)Nc1ncc(C)s1. The fourth-order valence-corrected chi connectivity index (χ4v) is 2.99. The van der Waals surface area contributed by atoms with Gasteiger partial charge in [-0.15, -0.1) is 11.3 Å². The Kier molecular flexibility index (Phi) is 5.31. The number of nitrogens with zero attached hydrogens (tertiary/aromatic N) is 2. The number of aryl methyl sites for hydroxylation is 1. The van der Waals surface area contributed by atoms with Crippen molar-refractivity contribution in [1.82, 2.24) is 14.6 Å². The van der Waals surface area contributed by atoms with Crippen LogP contribution in [-0.4, -0.2) is 44.9 Å². The summed E-state index contributed by atoms with van der Waals surface area (Å²) in [4.78, 5) is 4.94. The van der Waals surface area contributed by atoms with Gasteiger partial charge >= 0.3 is 10.2 Å². The molecule has 98 valence electrons. The quantitative estimate of drug-likeness (QED) is 0.718. The summed E-state index contributed by atoms with van der Waals surface area (Å²) in [5, 5.41) is 3.38. The summed E-state index contributed by atoms with van der Waals surface area (Å²) in [6.07, 6.45) is 2.41. The average molecular weight is 278 g/mol. The van der Waals surface area contributed by atoms with Crippen LogP contribution in [0.1, 0.15) is 11.3 Å². The van der Waals surface area contributed by atoms with E-state index < -0.39 is 10.2 Å². The minimum atomic E-state index is -3.48. The molecule has 0 spiro atoms. The highest BCUT2D eigenvalue weighted by molar-refractivity contribution is 7.90. The first-order valence-electron chi connectivity index (χ1n) is 5.27. The molecule has 0 fully saturated rings. The molecule has 0 radical (unpaired) electrons. The molecule has 0 aliphatic heterocycles. The molecule has 0 aromatic carbocycles. The maximum Gasteiger partial charge on any atom is 0.303 e. The predicted molar refractivity (Wildman–Crippen MR) is 70.6 cm³/mol. The van der Waals surface area contributed by atoms with Crippen LogP contribution in [0.25, 0.3) is 0 Å². The van der Waals surface area contributed by atoms with Gasteiger partial charge in [-0.05, 0) is 26.9 Å². The second-order valence-electron chi connectivity index (χ2n) is 3.66. The van der Waals surface area contributed by atoms with E-state index in [4.69, 9.17) is 0 Å². The third-order valence-corrected chi connectivity index (χ3v) is 4.56. The Morgan fingerprint density at radius 3 is 2.76 bits per heavy atom. The zero-order valence-electron chi connectivity index (χ0n) is 10.2. The smallest absolute Gasteiger partial charge is 0.303 e. The van der Waals surface area contributed by atoms with Crippen molar-refractivity contribution in [2.24, 2.45) is 0 Å². The molecule has 0 saturated heterocycles. The molecular formula is C9H18N4O2S2. The van der Waals surface area contributed by atoms with E-state index in [1.54, 1.807) is 13.2 Å². The van der Waals surface area contributed by atoms with E-state index >= 15 is 0 Å². The van der Waals surface area contributed by atoms with E-state index in [1.807, 2.05) is 14.0 Å². The van der Waals surface area contributed by atoms with E-state index in [0.29, 0.717) is 11.7 Å². The fraction of sp³-hybridized carbons (Fsp3) is 0.667. The van der Waals surface area contributed by atoms with Crippen LogP contribution in [0.3, 0.4) is 0 Å². The lowest BCUT2D eigenvalue weighted by Gasteiger charge is -2.16. The highest BCUT2D eigenvalue weighted by Crippen LogP contribution is 2.18. The van der Waals surface area contributed by atoms with E-state index in [1.165, 1.54) is 15.6 Å². The Balaban J connectivity index is 2.55. The molecule has 0 bridgehead atoms. The number of anilines is 1. The first-order valence-corrected chi connectivity index (χ1v) is 7.52. The molecule has 1 aromatic heterocycles. The van der Waals surface area contributed by atoms with Crippen molar-refractivity contribution in [1.29, 1.82) is 0 Å². The van der Waals surface area contributed by atoms with E-state index in [9.17, 15) is 8.42 Å². The summed E-state index contributed by atoms with van der Waals surface area (Å²) in [6.45, 7) is 3.14. The molecule has 1 heterocycles. The maximum absolute atomic E-state index is 11.9. The second kappa shape index (κ2) is 6.29. The molecule has 0 amide bonds. The van der Waals surface area contributed by atoms with Crippen LogP contribution < -0.4 is 10.0 Å². The van der Waals surface area contributed by atoms with Crippen molar-refractivity contribution < 1.29 is 8.42 Å². The highest BCUT2D eigenvalue weighted by atomic mass is 32.2. The van der Waals surface area contributed by atoms with Crippen LogP contribution in [0.5, 0.6) is 0 Å². The summed E-state index contributed by atoms with van der Waals surface area (Å²) in [7, 11) is -0.0846. The molecule has 0 aliphatic rings. The van der Waals surface area contributed by atoms with Crippen molar-refractivity contribution >= 4 is 26.7 Å². The monoisotopic (exact) mass is 278 g/mol. The minimum absolute atomic E-state index is 0.406. The number of aromatic nitrogens is 1. The van der Waals surface area contributed by atoms with Gasteiger partial charge in [0.2, 0.25) is 0 Å². The van der Waals surface area contributed by atoms with Crippen molar-refractivity contribution in [3.63, 3.8) is 0 Å². The van der Waals surface area contributed by atoms with Crippen LogP contribution in [0.15, 0.2) is 6.20 Å². The lowest BCUT2D eigenvalue weighted by molar-refractivity contribution is 0.462. The van der Waals surface area contributed by atoms with Gasteiger partial charge in [0.25, 0.3) is 0 Å². The Bertz CT molecular complexity index is 444. The minimum Gasteiger partial charge on any atom is -0.320 e. The Morgan fingerprint density at radius 1 is 1.53 bits per heavy atom. The molecule has 8 heteroatoms. The van der Waals surface area contributed by atoms with Gasteiger partial charge in [-0.1, -0.05) is 0 Å². The van der Waals surface area contributed by atoms with Crippen molar-refractivity contribution in [2.75, 3.05) is 31.9 Å². The van der Waals surface area contributed by atoms with Crippen LogP contribution in [0.2, 0.25) is 0 Å². The third kappa shape index (κ3) is 4.58. The number of hydrogen-bond acceptors (Lipinski definition) is 5. The molecular weight excluding hydrogens is 260 g/mol. The van der Waals surface area contributed by atoms with Gasteiger partial charge in [-0.2, -0.15) is 12.7 Å². The highest BCUT2D eigenvalue weighted by Gasteiger charge is 2.18. The first-order chi connectivity index (χ1) is 7.95. The molecule has 1 rings (SSSR count). The average Bonchev–Trinajstić information content (AvgIpc) is 2.63. The lowest BCUT2D eigenvalue weighted by Crippen LogP contribution is -2.34. The molecule has 0 atom stereocenters. The molecule has 6 nitrogen and oxygen atoms in total. The molecule has 2 N–H and O–H groups in total. The van der Waals surface area contributed by atoms with E-state index in [0.717, 1.165) is 17.8 Å². The van der Waals surface area contributed by atoms with Gasteiger partial charge in [0.05, 0.1) is 0 Å². The number of nitrogens with one attached hydrogen (secondary N) is 2. The molecule has 0 aliphatic carbocycles. The van der Waals surface area contributed by atoms with Crippen LogP contribution >= 0.6 is 11.3 Å². The van der Waals surface area contributed by atoms with Crippen LogP contribution in [0, 0.1) is 6.92 Å². The normalized spacial score (nSPS) is 12.0. The van der Waals surface area contributed by atoms with E-state index in [2.05, 4.69) is 15.0 Å².